The second-order valence-corrected chi connectivity index (χ2v) is 15.8. The van der Waals surface area contributed by atoms with Crippen molar-refractivity contribution in [3.05, 3.63) is 36.5 Å². The average Bonchev–Trinajstić information content (AvgIpc) is 3.30. The summed E-state index contributed by atoms with van der Waals surface area (Å²) in [5.41, 5.74) is 0.172. The van der Waals surface area contributed by atoms with Crippen molar-refractivity contribution in [1.29, 1.82) is 0 Å². The number of hydrogen-bond acceptors (Lipinski definition) is 7. The van der Waals surface area contributed by atoms with Crippen molar-refractivity contribution in [3.8, 4) is 0 Å². The summed E-state index contributed by atoms with van der Waals surface area (Å²) in [7, 11) is 0. The minimum absolute atomic E-state index is 0.0664. The van der Waals surface area contributed by atoms with Crippen LogP contribution in [-0.4, -0.2) is 73.9 Å². The number of carbonyl (C=O) groups is 1. The van der Waals surface area contributed by atoms with E-state index in [-0.39, 0.29) is 46.3 Å². The van der Waals surface area contributed by atoms with Crippen LogP contribution in [0.3, 0.4) is 0 Å². The number of carboxylic acid groups (broad SMARTS) is 1. The number of hydrogen-bond donors (Lipinski definition) is 5. The highest BCUT2D eigenvalue weighted by Crippen LogP contribution is 2.74. The molecule has 0 aromatic carbocycles. The highest BCUT2D eigenvalue weighted by Gasteiger charge is 2.70. The molecule has 44 heavy (non-hydrogen) atoms. The van der Waals surface area contributed by atoms with Gasteiger partial charge >= 0.3 is 5.97 Å². The third-order valence-corrected chi connectivity index (χ3v) is 13.0. The van der Waals surface area contributed by atoms with Gasteiger partial charge in [-0.3, -0.25) is 4.79 Å². The SMILES string of the molecule is C=C(C)/C=C/C[C@](C)(O)[C@H]1CC[C@]2(C)[C@@H]1[C@H](O[C@@H]1O[C@H](C)[C@@H](O)[C@H](O)[C@H]1O)C[C@@H]1[C@@](C)(CCC(=O)O)[C@H](C(=C)C)CC[C@]12C. The van der Waals surface area contributed by atoms with E-state index in [2.05, 4.69) is 40.9 Å². The first-order chi connectivity index (χ1) is 20.3. The summed E-state index contributed by atoms with van der Waals surface area (Å²) in [6.45, 7) is 22.8. The van der Waals surface area contributed by atoms with Crippen molar-refractivity contribution >= 4 is 5.97 Å². The number of aliphatic hydroxyl groups is 4. The largest absolute Gasteiger partial charge is 0.481 e. The second kappa shape index (κ2) is 12.6. The van der Waals surface area contributed by atoms with Gasteiger partial charge in [-0.2, -0.15) is 0 Å². The van der Waals surface area contributed by atoms with Gasteiger partial charge < -0.3 is 35.0 Å². The summed E-state index contributed by atoms with van der Waals surface area (Å²) in [5.74, 6) is -0.773. The lowest BCUT2D eigenvalue weighted by atomic mass is 9.37. The van der Waals surface area contributed by atoms with E-state index in [4.69, 9.17) is 9.47 Å². The zero-order valence-electron chi connectivity index (χ0n) is 28.0. The fourth-order valence-corrected chi connectivity index (χ4v) is 10.4. The molecule has 0 aromatic rings. The Bertz CT molecular complexity index is 1130. The summed E-state index contributed by atoms with van der Waals surface area (Å²) < 4.78 is 12.7. The zero-order chi connectivity index (χ0) is 33.0. The van der Waals surface area contributed by atoms with E-state index in [1.54, 1.807) is 6.92 Å². The van der Waals surface area contributed by atoms with Gasteiger partial charge in [-0.1, -0.05) is 57.2 Å². The van der Waals surface area contributed by atoms with Gasteiger partial charge in [-0.05, 0) is 113 Å². The van der Waals surface area contributed by atoms with Crippen LogP contribution >= 0.6 is 0 Å². The summed E-state index contributed by atoms with van der Waals surface area (Å²) in [5, 5.41) is 53.8. The molecule has 1 aliphatic heterocycles. The van der Waals surface area contributed by atoms with Crippen LogP contribution in [0.1, 0.15) is 99.8 Å². The normalized spacial score (nSPS) is 47.1. The highest BCUT2D eigenvalue weighted by molar-refractivity contribution is 5.66. The maximum absolute atomic E-state index is 12.1. The van der Waals surface area contributed by atoms with E-state index in [1.165, 1.54) is 0 Å². The van der Waals surface area contributed by atoms with E-state index < -0.39 is 48.4 Å². The van der Waals surface area contributed by atoms with E-state index in [9.17, 15) is 30.3 Å². The maximum atomic E-state index is 12.1. The second-order valence-electron chi connectivity index (χ2n) is 15.8. The van der Waals surface area contributed by atoms with E-state index >= 15 is 0 Å². The average molecular weight is 619 g/mol. The molecule has 8 heteroatoms. The van der Waals surface area contributed by atoms with E-state index in [1.807, 2.05) is 26.0 Å². The lowest BCUT2D eigenvalue weighted by molar-refractivity contribution is -0.327. The smallest absolute Gasteiger partial charge is 0.303 e. The number of fused-ring (bicyclic) bond motifs is 3. The van der Waals surface area contributed by atoms with Crippen molar-refractivity contribution in [1.82, 2.24) is 0 Å². The molecule has 0 spiro atoms. The van der Waals surface area contributed by atoms with Gasteiger partial charge in [0.25, 0.3) is 0 Å². The van der Waals surface area contributed by atoms with Gasteiger partial charge in [0.05, 0.1) is 17.8 Å². The van der Waals surface area contributed by atoms with Gasteiger partial charge in [0.15, 0.2) is 6.29 Å². The first kappa shape index (κ1) is 35.3. The molecular formula is C36H58O8. The molecule has 0 radical (unpaired) electrons. The predicted octanol–water partition coefficient (Wildman–Crippen LogP) is 5.39. The fourth-order valence-electron chi connectivity index (χ4n) is 10.4. The minimum atomic E-state index is -1.44. The predicted molar refractivity (Wildman–Crippen MR) is 169 cm³/mol. The molecule has 0 aromatic heterocycles. The molecule has 4 rings (SSSR count). The number of ether oxygens (including phenoxy) is 2. The van der Waals surface area contributed by atoms with Crippen LogP contribution in [0.15, 0.2) is 36.5 Å². The Morgan fingerprint density at radius 1 is 1.05 bits per heavy atom. The molecule has 0 bridgehead atoms. The van der Waals surface area contributed by atoms with Crippen LogP contribution in [0.2, 0.25) is 0 Å². The molecule has 1 heterocycles. The molecule has 250 valence electrons. The number of aliphatic hydroxyl groups excluding tert-OH is 3. The molecule has 3 aliphatic carbocycles. The number of aliphatic carboxylic acids is 1. The Morgan fingerprint density at radius 2 is 1.68 bits per heavy atom. The minimum Gasteiger partial charge on any atom is -0.481 e. The lowest BCUT2D eigenvalue weighted by Crippen LogP contribution is -2.65. The van der Waals surface area contributed by atoms with Gasteiger partial charge in [0.2, 0.25) is 0 Å². The zero-order valence-corrected chi connectivity index (χ0v) is 28.0. The number of rotatable bonds is 10. The molecule has 14 atom stereocenters. The van der Waals surface area contributed by atoms with Crippen LogP contribution in [0, 0.1) is 39.9 Å². The third kappa shape index (κ3) is 6.00. The molecule has 4 fully saturated rings. The van der Waals surface area contributed by atoms with Crippen LogP contribution in [0.5, 0.6) is 0 Å². The Morgan fingerprint density at radius 3 is 2.27 bits per heavy atom. The first-order valence-electron chi connectivity index (χ1n) is 16.6. The van der Waals surface area contributed by atoms with Crippen molar-refractivity contribution in [2.45, 2.75) is 142 Å². The first-order valence-corrected chi connectivity index (χ1v) is 16.6. The van der Waals surface area contributed by atoms with Crippen LogP contribution in [0.4, 0.5) is 0 Å². The van der Waals surface area contributed by atoms with Crippen molar-refractivity contribution < 1.29 is 39.8 Å². The third-order valence-electron chi connectivity index (χ3n) is 13.0. The summed E-state index contributed by atoms with van der Waals surface area (Å²) in [4.78, 5) is 11.9. The van der Waals surface area contributed by atoms with Crippen molar-refractivity contribution in [2.75, 3.05) is 0 Å². The van der Waals surface area contributed by atoms with E-state index in [0.29, 0.717) is 19.3 Å². The summed E-state index contributed by atoms with van der Waals surface area (Å²) >= 11 is 0. The topological polar surface area (TPSA) is 137 Å². The fraction of sp³-hybridized carbons (Fsp3) is 0.806. The van der Waals surface area contributed by atoms with Gasteiger partial charge in [0, 0.05) is 6.42 Å². The quantitative estimate of drug-likeness (QED) is 0.125. The van der Waals surface area contributed by atoms with Gasteiger partial charge in [-0.15, -0.1) is 0 Å². The van der Waals surface area contributed by atoms with Gasteiger partial charge in [0.1, 0.15) is 18.3 Å². The molecule has 5 N–H and O–H groups in total. The van der Waals surface area contributed by atoms with Gasteiger partial charge in [-0.25, -0.2) is 0 Å². The van der Waals surface area contributed by atoms with Crippen LogP contribution in [-0.2, 0) is 14.3 Å². The molecule has 4 aliphatic rings. The summed E-state index contributed by atoms with van der Waals surface area (Å²) in [6, 6.07) is 0. The maximum Gasteiger partial charge on any atom is 0.303 e. The Labute approximate surface area is 264 Å². The molecular weight excluding hydrogens is 560 g/mol. The van der Waals surface area contributed by atoms with Crippen molar-refractivity contribution in [2.24, 2.45) is 39.9 Å². The number of allylic oxidation sites excluding steroid dienone is 3. The molecule has 8 nitrogen and oxygen atoms in total. The monoisotopic (exact) mass is 618 g/mol. The molecule has 1 saturated heterocycles. The lowest BCUT2D eigenvalue weighted by Gasteiger charge is -2.68. The Kier molecular flexibility index (Phi) is 10.1. The van der Waals surface area contributed by atoms with Crippen LogP contribution in [0.25, 0.3) is 0 Å². The molecule has 0 unspecified atom stereocenters. The Balaban J connectivity index is 1.81. The summed E-state index contributed by atoms with van der Waals surface area (Å²) in [6.07, 6.45) is 2.73. The molecule has 0 amide bonds. The van der Waals surface area contributed by atoms with Crippen molar-refractivity contribution in [3.63, 3.8) is 0 Å². The highest BCUT2D eigenvalue weighted by atomic mass is 16.7. The Hall–Kier alpha value is -1.55. The van der Waals surface area contributed by atoms with Crippen LogP contribution < -0.4 is 0 Å². The number of carboxylic acids is 1. The van der Waals surface area contributed by atoms with E-state index in [0.717, 1.165) is 36.8 Å². The standard InChI is InChI=1S/C36H58O8/c1-20(2)11-10-15-36(9,42)24-13-18-35(8)28(24)25(44-32-31(41)30(40)29(39)22(5)43-32)19-26-33(6,16-14-27(37)38)23(21(3)4)12-17-34(26,35)7/h10-11,22-26,28-32,39-42H,1,3,12-19H2,2,4-9H3,(H,37,38)/b11-10+/t22-,23+,24+,25-,26-,28+,29-,30+,31-,32+,33+,34-,35-,36+/m1/s1. The molecule has 3 saturated carbocycles.